The van der Waals surface area contributed by atoms with Crippen molar-refractivity contribution in [1.82, 2.24) is 0 Å². The first-order valence-electron chi connectivity index (χ1n) is 0.338. The average Bonchev–Trinajstić information content (AvgIpc) is 1.50. The summed E-state index contributed by atoms with van der Waals surface area (Å²) in [6.45, 7) is 0. The molecule has 0 aliphatic heterocycles. The van der Waals surface area contributed by atoms with Crippen molar-refractivity contribution in [3.63, 3.8) is 0 Å². The van der Waals surface area contributed by atoms with E-state index in [-0.39, 0.29) is 51.4 Å². The van der Waals surface area contributed by atoms with Crippen LogP contribution in [-0.4, -0.2) is 60.7 Å². The van der Waals surface area contributed by atoms with Crippen LogP contribution in [0.3, 0.4) is 0 Å². The van der Waals surface area contributed by atoms with Crippen LogP contribution in [0, 0.1) is 0 Å². The van der Waals surface area contributed by atoms with Crippen LogP contribution in [0.4, 0.5) is 0 Å². The second-order valence-electron chi connectivity index (χ2n) is 0. The summed E-state index contributed by atoms with van der Waals surface area (Å²) in [6.07, 6.45) is 0. The average molecular weight is 145 g/mol. The van der Waals surface area contributed by atoms with E-state index >= 15 is 0 Å². The van der Waals surface area contributed by atoms with Crippen molar-refractivity contribution in [1.29, 1.82) is 0 Å². The maximum absolute atomic E-state index is 6.47. The van der Waals surface area contributed by atoms with Crippen LogP contribution in [0.25, 0.3) is 0 Å². The number of rotatable bonds is 0. The Morgan fingerprint density at radius 1 is 0.800 bits per heavy atom. The van der Waals surface area contributed by atoms with Gasteiger partial charge in [-0.2, -0.15) is 0 Å². The van der Waals surface area contributed by atoms with E-state index in [0.717, 1.165) is 0 Å². The van der Waals surface area contributed by atoms with Crippen molar-refractivity contribution in [3.8, 4) is 0 Å². The molecule has 2 nitrogen and oxygen atoms in total. The second-order valence-corrected chi connectivity index (χ2v) is 0. The minimum atomic E-state index is 0. The van der Waals surface area contributed by atoms with Crippen LogP contribution in [0.5, 0.6) is 0 Å². The van der Waals surface area contributed by atoms with Crippen LogP contribution in [0.2, 0.25) is 0 Å². The summed E-state index contributed by atoms with van der Waals surface area (Å²) in [5, 5.41) is 0. The van der Waals surface area contributed by atoms with Crippen molar-refractivity contribution in [3.05, 3.63) is 0 Å². The molecule has 0 heterocycles. The third kappa shape index (κ3) is 23.0. The van der Waals surface area contributed by atoms with Gasteiger partial charge in [-0.05, 0) is 0 Å². The Kier molecular flexibility index (Phi) is 111. The predicted molar refractivity (Wildman–Crippen MR) is 23.3 cm³/mol. The molecule has 5 heteroatoms. The quantitative estimate of drug-likeness (QED) is 0.456. The summed E-state index contributed by atoms with van der Waals surface area (Å²) in [5.74, 6) is 0. The standard InChI is InChI=1S/2ClHO.K.H/c2*1-2;;/h2*2H;;. The molecule has 0 amide bonds. The molecule has 0 radical (unpaired) electrons. The van der Waals surface area contributed by atoms with Crippen molar-refractivity contribution in [2.45, 2.75) is 0 Å². The number of hydrogen-bond donors (Lipinski definition) is 2. The fourth-order valence-corrected chi connectivity index (χ4v) is 0. The molecule has 30 valence electrons. The van der Waals surface area contributed by atoms with Gasteiger partial charge in [0.15, 0.2) is 0 Å². The Morgan fingerprint density at radius 3 is 0.800 bits per heavy atom. The van der Waals surface area contributed by atoms with E-state index in [1.807, 2.05) is 0 Å². The van der Waals surface area contributed by atoms with Gasteiger partial charge in [-0.3, -0.25) is 9.32 Å². The first-order valence-corrected chi connectivity index (χ1v) is 1.01. The molecule has 0 saturated heterocycles. The van der Waals surface area contributed by atoms with Gasteiger partial charge in [0.1, 0.15) is 0 Å². The van der Waals surface area contributed by atoms with Crippen LogP contribution >= 0.6 is 23.7 Å². The van der Waals surface area contributed by atoms with Crippen molar-refractivity contribution in [2.75, 3.05) is 0 Å². The van der Waals surface area contributed by atoms with Gasteiger partial charge in [-0.1, -0.05) is 0 Å². The molecule has 0 spiro atoms. The summed E-state index contributed by atoms with van der Waals surface area (Å²) >= 11 is 7.28. The predicted octanol–water partition coefficient (Wildman–Crippen LogP) is -0.384. The number of hydrogen-bond acceptors (Lipinski definition) is 2. The SMILES string of the molecule is OCl.OCl.[KH]. The van der Waals surface area contributed by atoms with E-state index in [0.29, 0.717) is 0 Å². The molecule has 0 bridgehead atoms. The molecule has 2 N–H and O–H groups in total. The molecule has 0 saturated carbocycles. The Bertz CT molecular complexity index is 7.61. The third-order valence-corrected chi connectivity index (χ3v) is 0. The van der Waals surface area contributed by atoms with Crippen LogP contribution in [-0.2, 0) is 0 Å². The second kappa shape index (κ2) is 35.5. The Labute approximate surface area is 82.8 Å². The zero-order chi connectivity index (χ0) is 4.00. The minimum absolute atomic E-state index is 0. The van der Waals surface area contributed by atoms with Crippen molar-refractivity contribution >= 4 is 75.1 Å². The van der Waals surface area contributed by atoms with E-state index in [2.05, 4.69) is 23.7 Å². The molecule has 5 heavy (non-hydrogen) atoms. The molecule has 0 unspecified atom stereocenters. The molecular formula is H3Cl2KO2. The normalized spacial score (nSPS) is 2.40. The first-order chi connectivity index (χ1) is 2.00. The monoisotopic (exact) mass is 144 g/mol. The van der Waals surface area contributed by atoms with E-state index < -0.39 is 0 Å². The fourth-order valence-electron chi connectivity index (χ4n) is 0. The van der Waals surface area contributed by atoms with E-state index in [1.54, 1.807) is 0 Å². The van der Waals surface area contributed by atoms with Crippen LogP contribution < -0.4 is 0 Å². The van der Waals surface area contributed by atoms with Gasteiger partial charge in [-0.25, -0.2) is 0 Å². The van der Waals surface area contributed by atoms with E-state index in [9.17, 15) is 0 Å². The fraction of sp³-hybridized carbons (Fsp3) is 0. The van der Waals surface area contributed by atoms with E-state index in [4.69, 9.17) is 9.32 Å². The van der Waals surface area contributed by atoms with E-state index in [1.165, 1.54) is 0 Å². The summed E-state index contributed by atoms with van der Waals surface area (Å²) < 4.78 is 12.9. The zero-order valence-electron chi connectivity index (χ0n) is 1.65. The van der Waals surface area contributed by atoms with Gasteiger partial charge in [0.25, 0.3) is 0 Å². The topological polar surface area (TPSA) is 40.5 Å². The molecule has 0 aliphatic carbocycles. The first kappa shape index (κ1) is 15.7. The molecule has 0 aromatic heterocycles. The Balaban J connectivity index is -0.0000000133. The Morgan fingerprint density at radius 2 is 0.800 bits per heavy atom. The summed E-state index contributed by atoms with van der Waals surface area (Å²) in [5.41, 5.74) is 0. The van der Waals surface area contributed by atoms with Crippen LogP contribution in [0.1, 0.15) is 0 Å². The molecule has 0 fully saturated rings. The number of halogens is 2. The molecule has 0 aromatic carbocycles. The zero-order valence-corrected chi connectivity index (χ0v) is 3.16. The van der Waals surface area contributed by atoms with Crippen LogP contribution in [0.15, 0.2) is 0 Å². The molecule has 0 rings (SSSR count). The van der Waals surface area contributed by atoms with Gasteiger partial charge in [-0.15, -0.1) is 0 Å². The summed E-state index contributed by atoms with van der Waals surface area (Å²) in [7, 11) is 0. The van der Waals surface area contributed by atoms with Crippen molar-refractivity contribution < 1.29 is 9.32 Å². The molecule has 0 aliphatic rings. The summed E-state index contributed by atoms with van der Waals surface area (Å²) in [4.78, 5) is 0. The third-order valence-electron chi connectivity index (χ3n) is 0. The van der Waals surface area contributed by atoms with Gasteiger partial charge in [0.2, 0.25) is 0 Å². The molecular weight excluding hydrogens is 142 g/mol. The summed E-state index contributed by atoms with van der Waals surface area (Å²) in [6, 6.07) is 0. The van der Waals surface area contributed by atoms with Gasteiger partial charge in [0, 0.05) is 0 Å². The van der Waals surface area contributed by atoms with Gasteiger partial charge < -0.3 is 0 Å². The van der Waals surface area contributed by atoms with Gasteiger partial charge in [0.05, 0.1) is 23.7 Å². The van der Waals surface area contributed by atoms with Gasteiger partial charge >= 0.3 is 51.4 Å². The Hall–Kier alpha value is 2.14. The maximum atomic E-state index is 6.47. The molecule has 0 aromatic rings. The van der Waals surface area contributed by atoms with Crippen molar-refractivity contribution in [2.24, 2.45) is 0 Å². The molecule has 0 atom stereocenters.